The number of amides is 1. The number of carbonyl (C=O) groups excluding carboxylic acids is 1. The fraction of sp³-hybridized carbons (Fsp3) is 0.522. The van der Waals surface area contributed by atoms with Gasteiger partial charge in [0.25, 0.3) is 0 Å². The Morgan fingerprint density at radius 3 is 2.48 bits per heavy atom. The lowest BCUT2D eigenvalue weighted by atomic mass is 9.96. The van der Waals surface area contributed by atoms with Gasteiger partial charge >= 0.3 is 0 Å². The van der Waals surface area contributed by atoms with Crippen LogP contribution in [-0.2, 0) is 4.79 Å². The summed E-state index contributed by atoms with van der Waals surface area (Å²) in [5.41, 5.74) is 4.87. The average molecular weight is 397 g/mol. The molecule has 0 spiro atoms. The highest BCUT2D eigenvalue weighted by atomic mass is 16.5. The topological polar surface area (TPSA) is 67.3 Å². The highest BCUT2D eigenvalue weighted by molar-refractivity contribution is 5.94. The van der Waals surface area contributed by atoms with Crippen LogP contribution in [0.1, 0.15) is 55.1 Å². The quantitative estimate of drug-likeness (QED) is 0.812. The molecule has 156 valence electrons. The monoisotopic (exact) mass is 396 g/mol. The molecule has 1 N–H and O–H groups in total. The molecule has 1 amide bonds. The zero-order chi connectivity index (χ0) is 21.1. The number of benzene rings is 1. The first-order valence-corrected chi connectivity index (χ1v) is 10.3. The number of rotatable bonds is 5. The molecule has 3 rings (SSSR count). The van der Waals surface area contributed by atoms with Crippen LogP contribution in [0.15, 0.2) is 18.2 Å². The van der Waals surface area contributed by atoms with Crippen LogP contribution < -0.4 is 15.0 Å². The second-order valence-electron chi connectivity index (χ2n) is 8.29. The van der Waals surface area contributed by atoms with Gasteiger partial charge in [-0.1, -0.05) is 13.8 Å². The highest BCUT2D eigenvalue weighted by Crippen LogP contribution is 2.32. The van der Waals surface area contributed by atoms with Gasteiger partial charge in [-0.2, -0.15) is 0 Å². The van der Waals surface area contributed by atoms with Crippen molar-refractivity contribution in [1.82, 2.24) is 9.97 Å². The Labute approximate surface area is 173 Å². The van der Waals surface area contributed by atoms with Gasteiger partial charge in [-0.25, -0.2) is 9.97 Å². The van der Waals surface area contributed by atoms with Crippen LogP contribution in [-0.4, -0.2) is 36.1 Å². The summed E-state index contributed by atoms with van der Waals surface area (Å²) in [4.78, 5) is 24.3. The number of hydrogen-bond acceptors (Lipinski definition) is 5. The molecule has 6 heteroatoms. The minimum atomic E-state index is -0.0860. The largest absolute Gasteiger partial charge is 0.496 e. The van der Waals surface area contributed by atoms with Crippen LogP contribution in [0, 0.1) is 26.7 Å². The number of nitrogens with one attached hydrogen (secondary N) is 1. The Morgan fingerprint density at radius 2 is 1.86 bits per heavy atom. The number of piperidine rings is 1. The lowest BCUT2D eigenvalue weighted by Gasteiger charge is -2.32. The van der Waals surface area contributed by atoms with Crippen LogP contribution in [0.4, 0.5) is 11.6 Å². The molecule has 0 aliphatic carbocycles. The highest BCUT2D eigenvalue weighted by Gasteiger charge is 2.28. The molecule has 29 heavy (non-hydrogen) atoms. The number of hydrogen-bond donors (Lipinski definition) is 1. The van der Waals surface area contributed by atoms with Gasteiger partial charge in [0.15, 0.2) is 0 Å². The molecule has 1 aliphatic heterocycles. The number of methoxy groups -OCH3 is 1. The molecular formula is C23H32N4O2. The van der Waals surface area contributed by atoms with E-state index in [2.05, 4.69) is 34.0 Å². The average Bonchev–Trinajstić information content (AvgIpc) is 2.68. The second-order valence-corrected chi connectivity index (χ2v) is 8.29. The first kappa shape index (κ1) is 21.1. The van der Waals surface area contributed by atoms with E-state index in [9.17, 15) is 4.79 Å². The lowest BCUT2D eigenvalue weighted by Crippen LogP contribution is -2.41. The van der Waals surface area contributed by atoms with Crippen molar-refractivity contribution >= 4 is 17.5 Å². The minimum absolute atomic E-state index is 0.0575. The van der Waals surface area contributed by atoms with E-state index >= 15 is 0 Å². The van der Waals surface area contributed by atoms with E-state index in [1.807, 2.05) is 39.0 Å². The Kier molecular flexibility index (Phi) is 6.40. The molecule has 1 aliphatic rings. The van der Waals surface area contributed by atoms with E-state index in [0.29, 0.717) is 12.5 Å². The first-order chi connectivity index (χ1) is 13.8. The minimum Gasteiger partial charge on any atom is -0.496 e. The van der Waals surface area contributed by atoms with Crippen LogP contribution in [0.5, 0.6) is 5.75 Å². The molecule has 1 fully saturated rings. The van der Waals surface area contributed by atoms with Crippen molar-refractivity contribution in [3.8, 4) is 5.75 Å². The number of anilines is 2. The summed E-state index contributed by atoms with van der Waals surface area (Å²) in [6.07, 6.45) is 1.83. The van der Waals surface area contributed by atoms with Gasteiger partial charge in [0, 0.05) is 30.2 Å². The predicted octanol–water partition coefficient (Wildman–Crippen LogP) is 4.39. The molecule has 0 radical (unpaired) electrons. The van der Waals surface area contributed by atoms with Crippen molar-refractivity contribution in [2.45, 2.75) is 53.4 Å². The molecule has 2 aromatic rings. The van der Waals surface area contributed by atoms with Crippen LogP contribution in [0.2, 0.25) is 0 Å². The zero-order valence-electron chi connectivity index (χ0n) is 18.4. The summed E-state index contributed by atoms with van der Waals surface area (Å²) in [7, 11) is 1.69. The fourth-order valence-electron chi connectivity index (χ4n) is 3.92. The molecule has 0 bridgehead atoms. The van der Waals surface area contributed by atoms with Gasteiger partial charge in [-0.05, 0) is 68.9 Å². The molecule has 6 nitrogen and oxygen atoms in total. The summed E-state index contributed by atoms with van der Waals surface area (Å²) in [5, 5.41) is 3.16. The van der Waals surface area contributed by atoms with E-state index in [4.69, 9.17) is 4.74 Å². The summed E-state index contributed by atoms with van der Waals surface area (Å²) >= 11 is 0. The van der Waals surface area contributed by atoms with Crippen LogP contribution in [0.3, 0.4) is 0 Å². The van der Waals surface area contributed by atoms with Crippen molar-refractivity contribution in [2.75, 3.05) is 30.4 Å². The van der Waals surface area contributed by atoms with Gasteiger partial charge < -0.3 is 15.0 Å². The van der Waals surface area contributed by atoms with E-state index in [0.717, 1.165) is 59.3 Å². The standard InChI is InChI=1S/C23H32N4O2/c1-14(2)19-12-20(15(3)10-21(19)29-6)26-22(28)18-8-7-9-27(13-18)23-24-16(4)11-17(5)25-23/h10-12,14,18H,7-9,13H2,1-6H3,(H,26,28). The first-order valence-electron chi connectivity index (χ1n) is 10.3. The fourth-order valence-corrected chi connectivity index (χ4v) is 3.92. The van der Waals surface area contributed by atoms with E-state index in [1.54, 1.807) is 7.11 Å². The number of nitrogens with zero attached hydrogens (tertiary/aromatic N) is 3. The van der Waals surface area contributed by atoms with E-state index in [-0.39, 0.29) is 11.8 Å². The number of ether oxygens (including phenoxy) is 1. The molecular weight excluding hydrogens is 364 g/mol. The van der Waals surface area contributed by atoms with Crippen molar-refractivity contribution in [3.05, 3.63) is 40.7 Å². The number of aromatic nitrogens is 2. The number of aryl methyl sites for hydroxylation is 3. The zero-order valence-corrected chi connectivity index (χ0v) is 18.4. The maximum Gasteiger partial charge on any atom is 0.229 e. The SMILES string of the molecule is COc1cc(C)c(NC(=O)C2CCCN(c3nc(C)cc(C)n3)C2)cc1C(C)C. The number of carbonyl (C=O) groups is 1. The van der Waals surface area contributed by atoms with Gasteiger partial charge in [-0.3, -0.25) is 4.79 Å². The smallest absolute Gasteiger partial charge is 0.229 e. The normalized spacial score (nSPS) is 16.8. The summed E-state index contributed by atoms with van der Waals surface area (Å²) in [5.74, 6) is 1.88. The third kappa shape index (κ3) is 4.86. The molecule has 1 atom stereocenters. The molecule has 1 unspecified atom stereocenters. The van der Waals surface area contributed by atoms with E-state index < -0.39 is 0 Å². The van der Waals surface area contributed by atoms with Gasteiger partial charge in [0.05, 0.1) is 13.0 Å². The summed E-state index contributed by atoms with van der Waals surface area (Å²) < 4.78 is 5.51. The third-order valence-electron chi connectivity index (χ3n) is 5.50. The van der Waals surface area contributed by atoms with Gasteiger partial charge in [0.2, 0.25) is 11.9 Å². The molecule has 0 saturated carbocycles. The lowest BCUT2D eigenvalue weighted by molar-refractivity contribution is -0.120. The van der Waals surface area contributed by atoms with Crippen molar-refractivity contribution < 1.29 is 9.53 Å². The Morgan fingerprint density at radius 1 is 1.17 bits per heavy atom. The maximum atomic E-state index is 13.1. The van der Waals surface area contributed by atoms with E-state index in [1.165, 1.54) is 0 Å². The van der Waals surface area contributed by atoms with Gasteiger partial charge in [0.1, 0.15) is 5.75 Å². The summed E-state index contributed by atoms with van der Waals surface area (Å²) in [6.45, 7) is 11.7. The summed E-state index contributed by atoms with van der Waals surface area (Å²) in [6, 6.07) is 6.02. The molecule has 2 heterocycles. The Hall–Kier alpha value is -2.63. The van der Waals surface area contributed by atoms with Crippen LogP contribution in [0.25, 0.3) is 0 Å². The molecule has 1 aromatic carbocycles. The van der Waals surface area contributed by atoms with Crippen molar-refractivity contribution in [1.29, 1.82) is 0 Å². The molecule has 1 aromatic heterocycles. The van der Waals surface area contributed by atoms with Crippen LogP contribution >= 0.6 is 0 Å². The third-order valence-corrected chi connectivity index (χ3v) is 5.50. The second kappa shape index (κ2) is 8.80. The Balaban J connectivity index is 1.76. The maximum absolute atomic E-state index is 13.1. The van der Waals surface area contributed by atoms with Gasteiger partial charge in [-0.15, -0.1) is 0 Å². The predicted molar refractivity (Wildman–Crippen MR) is 117 cm³/mol. The Bertz CT molecular complexity index is 874. The van der Waals surface area contributed by atoms with Crippen molar-refractivity contribution in [2.24, 2.45) is 5.92 Å². The van der Waals surface area contributed by atoms with Crippen molar-refractivity contribution in [3.63, 3.8) is 0 Å². The molecule has 1 saturated heterocycles.